The zero-order valence-electron chi connectivity index (χ0n) is 22.9. The van der Waals surface area contributed by atoms with Gasteiger partial charge >= 0.3 is 0 Å². The van der Waals surface area contributed by atoms with E-state index in [-0.39, 0.29) is 11.6 Å². The monoisotopic (exact) mass is 490 g/mol. The van der Waals surface area contributed by atoms with Gasteiger partial charge in [-0.25, -0.2) is 0 Å². The van der Waals surface area contributed by atoms with Crippen molar-refractivity contribution in [2.45, 2.75) is 82.7 Å². The molecule has 1 saturated carbocycles. The van der Waals surface area contributed by atoms with E-state index in [0.717, 1.165) is 6.42 Å². The van der Waals surface area contributed by atoms with Crippen LogP contribution in [-0.2, 0) is 11.2 Å². The van der Waals surface area contributed by atoms with Gasteiger partial charge in [-0.05, 0) is 63.7 Å². The quantitative estimate of drug-likeness (QED) is 0.302. The standard InChI is InChI=1S/C31H46N2OSi/c1-7-35(8-2,9-3)30-28(26-17-13-14-18-27(26)32-30)29(34-6)25-19-21-31(22-20-25,33(4)5)23-24-15-11-10-12-16-24/h10-18,25,29,32H,7-9,19-23H2,1-6H3. The second-order valence-corrected chi connectivity index (χ2v) is 16.3. The van der Waals surface area contributed by atoms with Crippen LogP contribution in [0, 0.1) is 5.92 Å². The van der Waals surface area contributed by atoms with Crippen LogP contribution in [0.2, 0.25) is 18.1 Å². The van der Waals surface area contributed by atoms with E-state index in [1.807, 2.05) is 7.11 Å². The Morgan fingerprint density at radius 1 is 0.943 bits per heavy atom. The first-order valence-corrected chi connectivity index (χ1v) is 16.4. The Balaban J connectivity index is 1.67. The number of hydrogen-bond donors (Lipinski definition) is 1. The third kappa shape index (κ3) is 4.90. The normalized spacial score (nSPS) is 22.1. The highest BCUT2D eigenvalue weighted by Gasteiger charge is 2.42. The van der Waals surface area contributed by atoms with E-state index in [2.05, 4.69) is 99.3 Å². The van der Waals surface area contributed by atoms with Gasteiger partial charge in [0.2, 0.25) is 0 Å². The van der Waals surface area contributed by atoms with Crippen molar-refractivity contribution in [2.24, 2.45) is 5.92 Å². The Kier molecular flexibility index (Phi) is 8.25. The summed E-state index contributed by atoms with van der Waals surface area (Å²) in [5, 5.41) is 2.95. The van der Waals surface area contributed by atoms with Gasteiger partial charge in [-0.1, -0.05) is 87.4 Å². The number of nitrogens with one attached hydrogen (secondary N) is 1. The molecule has 1 heterocycles. The lowest BCUT2D eigenvalue weighted by molar-refractivity contribution is 0.00129. The van der Waals surface area contributed by atoms with Gasteiger partial charge in [0.15, 0.2) is 0 Å². The molecule has 2 aromatic carbocycles. The molecular weight excluding hydrogens is 444 g/mol. The number of methoxy groups -OCH3 is 1. The summed E-state index contributed by atoms with van der Waals surface area (Å²) in [7, 11) is 4.89. The zero-order chi connectivity index (χ0) is 25.1. The average molecular weight is 491 g/mol. The van der Waals surface area contributed by atoms with Crippen LogP contribution in [-0.4, -0.2) is 44.7 Å². The molecular formula is C31H46N2OSi. The highest BCUT2D eigenvalue weighted by atomic mass is 28.3. The van der Waals surface area contributed by atoms with Crippen LogP contribution in [0.25, 0.3) is 10.9 Å². The Morgan fingerprint density at radius 2 is 1.54 bits per heavy atom. The lowest BCUT2D eigenvalue weighted by atomic mass is 9.70. The Morgan fingerprint density at radius 3 is 2.11 bits per heavy atom. The Labute approximate surface area is 214 Å². The molecule has 1 fully saturated rings. The van der Waals surface area contributed by atoms with Crippen LogP contribution in [0.3, 0.4) is 0 Å². The SMILES string of the molecule is CC[Si](CC)(CC)c1[nH]c2ccccc2c1C(OC)C1CCC(Cc2ccccc2)(N(C)C)CC1. The van der Waals surface area contributed by atoms with Gasteiger partial charge in [-0.2, -0.15) is 0 Å². The van der Waals surface area contributed by atoms with Crippen molar-refractivity contribution in [3.05, 3.63) is 65.7 Å². The molecule has 4 heteroatoms. The van der Waals surface area contributed by atoms with Crippen molar-refractivity contribution in [3.63, 3.8) is 0 Å². The van der Waals surface area contributed by atoms with Crippen molar-refractivity contribution in [2.75, 3.05) is 21.2 Å². The molecule has 1 aliphatic carbocycles. The van der Waals surface area contributed by atoms with Crippen molar-refractivity contribution in [1.82, 2.24) is 9.88 Å². The molecule has 1 aromatic heterocycles. The first-order valence-electron chi connectivity index (χ1n) is 13.8. The largest absolute Gasteiger partial charge is 0.376 e. The van der Waals surface area contributed by atoms with Crippen LogP contribution in [0.4, 0.5) is 0 Å². The summed E-state index contributed by atoms with van der Waals surface area (Å²) in [5.41, 5.74) is 4.46. The second kappa shape index (κ2) is 11.0. The average Bonchev–Trinajstić information content (AvgIpc) is 3.27. The number of para-hydroxylation sites is 1. The number of benzene rings is 2. The summed E-state index contributed by atoms with van der Waals surface area (Å²) in [6.45, 7) is 7.23. The molecule has 0 aliphatic heterocycles. The van der Waals surface area contributed by atoms with Crippen molar-refractivity contribution in [1.29, 1.82) is 0 Å². The maximum atomic E-state index is 6.45. The lowest BCUT2D eigenvalue weighted by Gasteiger charge is -2.47. The van der Waals surface area contributed by atoms with Crippen molar-refractivity contribution in [3.8, 4) is 0 Å². The summed E-state index contributed by atoms with van der Waals surface area (Å²) in [6.07, 6.45) is 6.14. The summed E-state index contributed by atoms with van der Waals surface area (Å²) in [5.74, 6) is 0.555. The molecule has 1 N–H and O–H groups in total. The first kappa shape index (κ1) is 26.2. The highest BCUT2D eigenvalue weighted by Crippen LogP contribution is 2.45. The van der Waals surface area contributed by atoms with E-state index in [0.29, 0.717) is 5.92 Å². The van der Waals surface area contributed by atoms with Crippen molar-refractivity contribution < 1.29 is 4.74 Å². The molecule has 3 aromatic rings. The van der Waals surface area contributed by atoms with Crippen LogP contribution >= 0.6 is 0 Å². The molecule has 0 bridgehead atoms. The number of H-pyrrole nitrogens is 1. The predicted octanol–water partition coefficient (Wildman–Crippen LogP) is 7.30. The minimum Gasteiger partial charge on any atom is -0.376 e. The summed E-state index contributed by atoms with van der Waals surface area (Å²) in [6, 6.07) is 23.8. The smallest absolute Gasteiger partial charge is 0.107 e. The van der Waals surface area contributed by atoms with E-state index in [9.17, 15) is 0 Å². The van der Waals surface area contributed by atoms with E-state index in [1.54, 1.807) is 5.32 Å². The minimum absolute atomic E-state index is 0.162. The van der Waals surface area contributed by atoms with E-state index in [1.165, 1.54) is 65.8 Å². The topological polar surface area (TPSA) is 28.3 Å². The lowest BCUT2D eigenvalue weighted by Crippen LogP contribution is -2.51. The molecule has 1 atom stereocenters. The fraction of sp³-hybridized carbons (Fsp3) is 0.548. The Bertz CT molecular complexity index is 1070. The molecule has 1 aliphatic rings. The summed E-state index contributed by atoms with van der Waals surface area (Å²) in [4.78, 5) is 6.45. The van der Waals surface area contributed by atoms with Crippen LogP contribution in [0.1, 0.15) is 63.7 Å². The third-order valence-electron chi connectivity index (χ3n) is 9.56. The van der Waals surface area contributed by atoms with E-state index >= 15 is 0 Å². The number of likely N-dealkylation sites (N-methyl/N-ethyl adjacent to an activating group) is 1. The molecule has 0 spiro atoms. The van der Waals surface area contributed by atoms with Gasteiger partial charge in [-0.3, -0.25) is 0 Å². The van der Waals surface area contributed by atoms with Gasteiger partial charge in [0.05, 0.1) is 6.10 Å². The van der Waals surface area contributed by atoms with Crippen LogP contribution < -0.4 is 5.32 Å². The second-order valence-electron chi connectivity index (χ2n) is 11.1. The predicted molar refractivity (Wildman–Crippen MR) is 153 cm³/mol. The molecule has 35 heavy (non-hydrogen) atoms. The molecule has 190 valence electrons. The first-order chi connectivity index (χ1) is 16.9. The molecule has 0 radical (unpaired) electrons. The number of hydrogen-bond acceptors (Lipinski definition) is 2. The van der Waals surface area contributed by atoms with Gasteiger partial charge < -0.3 is 14.6 Å². The molecule has 0 saturated heterocycles. The van der Waals surface area contributed by atoms with E-state index in [4.69, 9.17) is 4.74 Å². The van der Waals surface area contributed by atoms with Gasteiger partial charge in [0, 0.05) is 34.4 Å². The maximum absolute atomic E-state index is 6.45. The summed E-state index contributed by atoms with van der Waals surface area (Å²) >= 11 is 0. The zero-order valence-corrected chi connectivity index (χ0v) is 23.9. The maximum Gasteiger partial charge on any atom is 0.107 e. The molecule has 4 rings (SSSR count). The number of aromatic nitrogens is 1. The van der Waals surface area contributed by atoms with Crippen LogP contribution in [0.5, 0.6) is 0 Å². The number of fused-ring (bicyclic) bond motifs is 1. The Hall–Kier alpha value is -1.88. The number of rotatable bonds is 10. The summed E-state index contributed by atoms with van der Waals surface area (Å²) < 4.78 is 6.45. The fourth-order valence-electron chi connectivity index (χ4n) is 6.94. The highest BCUT2D eigenvalue weighted by molar-refractivity contribution is 6.91. The van der Waals surface area contributed by atoms with Crippen molar-refractivity contribution >= 4 is 24.3 Å². The molecule has 3 nitrogen and oxygen atoms in total. The minimum atomic E-state index is -1.60. The number of ether oxygens (including phenoxy) is 1. The number of nitrogens with zero attached hydrogens (tertiary/aromatic N) is 1. The fourth-order valence-corrected chi connectivity index (χ4v) is 10.8. The van der Waals surface area contributed by atoms with Gasteiger partial charge in [0.25, 0.3) is 0 Å². The van der Waals surface area contributed by atoms with Crippen LogP contribution in [0.15, 0.2) is 54.6 Å². The van der Waals surface area contributed by atoms with Gasteiger partial charge in [-0.15, -0.1) is 0 Å². The molecule has 1 unspecified atom stereocenters. The molecule has 0 amide bonds. The number of aromatic amines is 1. The third-order valence-corrected chi connectivity index (χ3v) is 15.1. The van der Waals surface area contributed by atoms with Gasteiger partial charge in [0.1, 0.15) is 8.07 Å². The van der Waals surface area contributed by atoms with E-state index < -0.39 is 8.07 Å².